The zero-order valence-corrected chi connectivity index (χ0v) is 10.3. The van der Waals surface area contributed by atoms with E-state index in [0.717, 1.165) is 12.1 Å². The van der Waals surface area contributed by atoms with Crippen molar-refractivity contribution in [3.8, 4) is 0 Å². The van der Waals surface area contributed by atoms with Crippen LogP contribution in [0.1, 0.15) is 21.5 Å². The van der Waals surface area contributed by atoms with Gasteiger partial charge in [-0.3, -0.25) is 9.78 Å². The molecule has 0 atom stereocenters. The van der Waals surface area contributed by atoms with Gasteiger partial charge in [0, 0.05) is 18.0 Å². The average molecular weight is 277 g/mol. The number of allylic oxidation sites excluding steroid dienone is 1. The predicted octanol–water partition coefficient (Wildman–Crippen LogP) is 4.00. The highest BCUT2D eigenvalue weighted by Crippen LogP contribution is 2.29. The minimum absolute atomic E-state index is 0.252. The van der Waals surface area contributed by atoms with Crippen molar-refractivity contribution in [2.75, 3.05) is 0 Å². The van der Waals surface area contributed by atoms with Crippen LogP contribution in [0.5, 0.6) is 0 Å². The zero-order valence-electron chi connectivity index (χ0n) is 10.3. The lowest BCUT2D eigenvalue weighted by Gasteiger charge is -2.05. The van der Waals surface area contributed by atoms with E-state index in [1.807, 2.05) is 0 Å². The maximum absolute atomic E-state index is 12.4. The lowest BCUT2D eigenvalue weighted by atomic mass is 10.1. The monoisotopic (exact) mass is 277 g/mol. The van der Waals surface area contributed by atoms with Gasteiger partial charge in [-0.25, -0.2) is 0 Å². The van der Waals surface area contributed by atoms with Crippen molar-refractivity contribution in [2.45, 2.75) is 6.18 Å². The molecule has 5 heteroatoms. The van der Waals surface area contributed by atoms with Gasteiger partial charge in [-0.15, -0.1) is 0 Å². The molecule has 0 aliphatic rings. The molecule has 2 aromatic rings. The standard InChI is InChI=1S/C15H10F3NO/c16-15(17,18)13-6-3-11(4-7-13)5-8-14(20)12-2-1-9-19-10-12/h1-10H. The van der Waals surface area contributed by atoms with Crippen molar-refractivity contribution < 1.29 is 18.0 Å². The number of rotatable bonds is 3. The fraction of sp³-hybridized carbons (Fsp3) is 0.0667. The van der Waals surface area contributed by atoms with Crippen molar-refractivity contribution in [3.63, 3.8) is 0 Å². The smallest absolute Gasteiger partial charge is 0.289 e. The van der Waals surface area contributed by atoms with Gasteiger partial charge in [0.05, 0.1) is 5.56 Å². The molecule has 0 unspecified atom stereocenters. The van der Waals surface area contributed by atoms with E-state index in [-0.39, 0.29) is 5.78 Å². The van der Waals surface area contributed by atoms with Gasteiger partial charge in [0.1, 0.15) is 0 Å². The first-order valence-electron chi connectivity index (χ1n) is 5.76. The van der Waals surface area contributed by atoms with Crippen molar-refractivity contribution in [2.24, 2.45) is 0 Å². The Hall–Kier alpha value is -2.43. The van der Waals surface area contributed by atoms with Crippen molar-refractivity contribution in [1.82, 2.24) is 4.98 Å². The van der Waals surface area contributed by atoms with Crippen molar-refractivity contribution >= 4 is 11.9 Å². The summed E-state index contributed by atoms with van der Waals surface area (Å²) in [5.41, 5.74) is 0.235. The largest absolute Gasteiger partial charge is 0.416 e. The SMILES string of the molecule is O=C(C=Cc1ccc(C(F)(F)F)cc1)c1cccnc1. The Morgan fingerprint density at radius 3 is 2.35 bits per heavy atom. The van der Waals surface area contributed by atoms with Gasteiger partial charge in [-0.1, -0.05) is 18.2 Å². The number of carbonyl (C=O) groups excluding carboxylic acids is 1. The third kappa shape index (κ3) is 3.54. The molecule has 0 aliphatic carbocycles. The fourth-order valence-corrected chi connectivity index (χ4v) is 1.56. The van der Waals surface area contributed by atoms with Crippen LogP contribution in [0.4, 0.5) is 13.2 Å². The van der Waals surface area contributed by atoms with E-state index in [0.29, 0.717) is 11.1 Å². The highest BCUT2D eigenvalue weighted by atomic mass is 19.4. The Labute approximate surface area is 113 Å². The van der Waals surface area contributed by atoms with Gasteiger partial charge < -0.3 is 0 Å². The van der Waals surface area contributed by atoms with E-state index in [1.165, 1.54) is 30.5 Å². The first-order chi connectivity index (χ1) is 9.47. The Kier molecular flexibility index (Phi) is 3.98. The molecule has 1 heterocycles. The highest BCUT2D eigenvalue weighted by molar-refractivity contribution is 6.06. The summed E-state index contributed by atoms with van der Waals surface area (Å²) in [6, 6.07) is 7.85. The van der Waals surface area contributed by atoms with Crippen LogP contribution >= 0.6 is 0 Å². The third-order valence-corrected chi connectivity index (χ3v) is 2.61. The number of benzene rings is 1. The van der Waals surface area contributed by atoms with Crippen LogP contribution < -0.4 is 0 Å². The summed E-state index contributed by atoms with van der Waals surface area (Å²) in [4.78, 5) is 15.6. The van der Waals surface area contributed by atoms with E-state index >= 15 is 0 Å². The Balaban J connectivity index is 2.11. The normalized spacial score (nSPS) is 11.8. The summed E-state index contributed by atoms with van der Waals surface area (Å²) < 4.78 is 37.1. The van der Waals surface area contributed by atoms with Gasteiger partial charge in [0.2, 0.25) is 0 Å². The first-order valence-corrected chi connectivity index (χ1v) is 5.76. The molecule has 0 radical (unpaired) electrons. The number of aromatic nitrogens is 1. The van der Waals surface area contributed by atoms with E-state index in [2.05, 4.69) is 4.98 Å². The summed E-state index contributed by atoms with van der Waals surface area (Å²) in [5, 5.41) is 0. The van der Waals surface area contributed by atoms with Gasteiger partial charge in [0.15, 0.2) is 5.78 Å². The number of pyridine rings is 1. The van der Waals surface area contributed by atoms with E-state index < -0.39 is 11.7 Å². The van der Waals surface area contributed by atoms with Crippen LogP contribution in [0.2, 0.25) is 0 Å². The van der Waals surface area contributed by atoms with Crippen LogP contribution in [-0.4, -0.2) is 10.8 Å². The lowest BCUT2D eigenvalue weighted by molar-refractivity contribution is -0.137. The maximum atomic E-state index is 12.4. The fourth-order valence-electron chi connectivity index (χ4n) is 1.56. The summed E-state index contributed by atoms with van der Waals surface area (Å²) in [7, 11) is 0. The first kappa shape index (κ1) is 14.0. The molecule has 2 nitrogen and oxygen atoms in total. The highest BCUT2D eigenvalue weighted by Gasteiger charge is 2.29. The number of hydrogen-bond acceptors (Lipinski definition) is 2. The molecule has 0 aliphatic heterocycles. The molecule has 0 spiro atoms. The van der Waals surface area contributed by atoms with E-state index in [9.17, 15) is 18.0 Å². The third-order valence-electron chi connectivity index (χ3n) is 2.61. The number of nitrogens with zero attached hydrogens (tertiary/aromatic N) is 1. The van der Waals surface area contributed by atoms with Crippen molar-refractivity contribution in [3.05, 3.63) is 71.6 Å². The quantitative estimate of drug-likeness (QED) is 0.627. The Bertz CT molecular complexity index is 616. The summed E-state index contributed by atoms with van der Waals surface area (Å²) in [5.74, 6) is -0.252. The molecule has 0 bridgehead atoms. The zero-order chi connectivity index (χ0) is 14.6. The minimum atomic E-state index is -4.35. The summed E-state index contributed by atoms with van der Waals surface area (Å²) in [6.07, 6.45) is 1.40. The van der Waals surface area contributed by atoms with Crippen molar-refractivity contribution in [1.29, 1.82) is 0 Å². The molecule has 1 aromatic heterocycles. The minimum Gasteiger partial charge on any atom is -0.289 e. The average Bonchev–Trinajstić information content (AvgIpc) is 2.45. The van der Waals surface area contributed by atoms with Crippen LogP contribution in [0.15, 0.2) is 54.9 Å². The van der Waals surface area contributed by atoms with Gasteiger partial charge in [-0.2, -0.15) is 13.2 Å². The molecular formula is C15H10F3NO. The van der Waals surface area contributed by atoms with Gasteiger partial charge >= 0.3 is 6.18 Å². The van der Waals surface area contributed by atoms with Gasteiger partial charge in [-0.05, 0) is 35.9 Å². The molecule has 0 N–H and O–H groups in total. The number of alkyl halides is 3. The number of carbonyl (C=O) groups is 1. The molecule has 2 rings (SSSR count). The predicted molar refractivity (Wildman–Crippen MR) is 69.0 cm³/mol. The molecule has 102 valence electrons. The number of hydrogen-bond donors (Lipinski definition) is 0. The molecule has 0 amide bonds. The second-order valence-corrected chi connectivity index (χ2v) is 4.06. The molecule has 0 fully saturated rings. The van der Waals surface area contributed by atoms with E-state index in [1.54, 1.807) is 18.3 Å². The molecule has 20 heavy (non-hydrogen) atoms. The number of ketones is 1. The summed E-state index contributed by atoms with van der Waals surface area (Å²) >= 11 is 0. The Morgan fingerprint density at radius 2 is 1.80 bits per heavy atom. The number of halogens is 3. The molecule has 1 aromatic carbocycles. The Morgan fingerprint density at radius 1 is 1.10 bits per heavy atom. The maximum Gasteiger partial charge on any atom is 0.416 e. The summed E-state index contributed by atoms with van der Waals surface area (Å²) in [6.45, 7) is 0. The van der Waals surface area contributed by atoms with Crippen LogP contribution in [0.3, 0.4) is 0 Å². The lowest BCUT2D eigenvalue weighted by Crippen LogP contribution is -2.04. The molecular weight excluding hydrogens is 267 g/mol. The van der Waals surface area contributed by atoms with Crippen LogP contribution in [-0.2, 0) is 6.18 Å². The topological polar surface area (TPSA) is 30.0 Å². The second-order valence-electron chi connectivity index (χ2n) is 4.06. The van der Waals surface area contributed by atoms with Crippen LogP contribution in [0, 0.1) is 0 Å². The van der Waals surface area contributed by atoms with E-state index in [4.69, 9.17) is 0 Å². The second kappa shape index (κ2) is 5.69. The van der Waals surface area contributed by atoms with Crippen LogP contribution in [0.25, 0.3) is 6.08 Å². The molecule has 0 saturated heterocycles. The van der Waals surface area contributed by atoms with Gasteiger partial charge in [0.25, 0.3) is 0 Å². The molecule has 0 saturated carbocycles.